The molecule has 0 fully saturated rings. The number of carbonyl (C=O) groups excluding carboxylic acids is 1. The van der Waals surface area contributed by atoms with E-state index in [-0.39, 0.29) is 11.6 Å². The first-order chi connectivity index (χ1) is 9.11. The molecule has 0 unspecified atom stereocenters. The van der Waals surface area contributed by atoms with Crippen molar-refractivity contribution in [2.24, 2.45) is 0 Å². The van der Waals surface area contributed by atoms with Crippen molar-refractivity contribution in [3.8, 4) is 0 Å². The highest BCUT2D eigenvalue weighted by atomic mass is 32.1. The van der Waals surface area contributed by atoms with Crippen LogP contribution in [0.1, 0.15) is 22.2 Å². The van der Waals surface area contributed by atoms with Gasteiger partial charge in [-0.15, -0.1) is 11.3 Å². The molecule has 0 aliphatic rings. The molecule has 0 radical (unpaired) electrons. The number of nitrogens with two attached hydrogens (primary N) is 1. The Kier molecular flexibility index (Phi) is 4.16. The molecular weight excluding hydrogens is 263 g/mol. The number of hydrogen-bond donors (Lipinski definition) is 1. The monoisotopic (exact) mass is 278 g/mol. The fraction of sp³-hybridized carbons (Fsp3) is 0.214. The predicted molar refractivity (Wildman–Crippen MR) is 75.5 cm³/mol. The lowest BCUT2D eigenvalue weighted by atomic mass is 10.1. The number of benzene rings is 1. The normalized spacial score (nSPS) is 10.4. The van der Waals surface area contributed by atoms with E-state index in [1.807, 2.05) is 24.4 Å². The van der Waals surface area contributed by atoms with Crippen molar-refractivity contribution in [1.29, 1.82) is 0 Å². The third-order valence-electron chi connectivity index (χ3n) is 2.84. The van der Waals surface area contributed by atoms with Crippen molar-refractivity contribution in [2.45, 2.75) is 13.5 Å². The number of amides is 1. The van der Waals surface area contributed by atoms with E-state index in [9.17, 15) is 9.18 Å². The van der Waals surface area contributed by atoms with Crippen molar-refractivity contribution in [2.75, 3.05) is 12.3 Å². The number of carbonyl (C=O) groups is 1. The van der Waals surface area contributed by atoms with E-state index < -0.39 is 5.82 Å². The van der Waals surface area contributed by atoms with Gasteiger partial charge in [-0.2, -0.15) is 0 Å². The van der Waals surface area contributed by atoms with Gasteiger partial charge in [-0.1, -0.05) is 6.07 Å². The average Bonchev–Trinajstić information content (AvgIpc) is 2.91. The van der Waals surface area contributed by atoms with Crippen LogP contribution in [0.5, 0.6) is 0 Å². The molecule has 3 nitrogen and oxygen atoms in total. The quantitative estimate of drug-likeness (QED) is 0.873. The topological polar surface area (TPSA) is 46.3 Å². The van der Waals surface area contributed by atoms with Crippen molar-refractivity contribution in [3.63, 3.8) is 0 Å². The number of thiophene rings is 1. The molecule has 2 aromatic rings. The average molecular weight is 278 g/mol. The Morgan fingerprint density at radius 1 is 1.42 bits per heavy atom. The zero-order valence-corrected chi connectivity index (χ0v) is 11.4. The fourth-order valence-corrected chi connectivity index (χ4v) is 2.50. The van der Waals surface area contributed by atoms with Crippen molar-refractivity contribution in [3.05, 3.63) is 52.0 Å². The second-order valence-electron chi connectivity index (χ2n) is 4.13. The Bertz CT molecular complexity index is 569. The first-order valence-corrected chi connectivity index (χ1v) is 6.86. The van der Waals surface area contributed by atoms with Crippen LogP contribution in [0.15, 0.2) is 35.7 Å². The largest absolute Gasteiger partial charge is 0.396 e. The minimum atomic E-state index is -0.502. The van der Waals surface area contributed by atoms with Gasteiger partial charge in [0.25, 0.3) is 5.91 Å². The molecule has 0 atom stereocenters. The van der Waals surface area contributed by atoms with Crippen LogP contribution in [-0.4, -0.2) is 17.4 Å². The molecule has 5 heteroatoms. The summed E-state index contributed by atoms with van der Waals surface area (Å²) in [5.74, 6) is -0.638. The van der Waals surface area contributed by atoms with Crippen molar-refractivity contribution < 1.29 is 9.18 Å². The summed E-state index contributed by atoms with van der Waals surface area (Å²) in [7, 11) is 0. The summed E-state index contributed by atoms with van der Waals surface area (Å²) >= 11 is 1.61. The highest BCUT2D eigenvalue weighted by molar-refractivity contribution is 7.09. The van der Waals surface area contributed by atoms with Crippen LogP contribution in [0.4, 0.5) is 10.1 Å². The fourth-order valence-electron chi connectivity index (χ4n) is 1.78. The Balaban J connectivity index is 2.18. The van der Waals surface area contributed by atoms with E-state index in [1.165, 1.54) is 18.2 Å². The maximum atomic E-state index is 13.1. The van der Waals surface area contributed by atoms with E-state index in [4.69, 9.17) is 5.73 Å². The molecule has 2 rings (SSSR count). The third-order valence-corrected chi connectivity index (χ3v) is 3.70. The maximum absolute atomic E-state index is 13.1. The van der Waals surface area contributed by atoms with Crippen LogP contribution < -0.4 is 5.73 Å². The molecular formula is C14H15FN2OS. The summed E-state index contributed by atoms with van der Waals surface area (Å²) in [6, 6.07) is 8.01. The van der Waals surface area contributed by atoms with Crippen molar-refractivity contribution >= 4 is 22.9 Å². The second kappa shape index (κ2) is 5.84. The van der Waals surface area contributed by atoms with Gasteiger partial charge in [-0.25, -0.2) is 4.39 Å². The van der Waals surface area contributed by atoms with Crippen LogP contribution in [0.25, 0.3) is 0 Å². The molecule has 1 aromatic carbocycles. The van der Waals surface area contributed by atoms with Gasteiger partial charge in [0.1, 0.15) is 5.82 Å². The molecule has 2 N–H and O–H groups in total. The van der Waals surface area contributed by atoms with Gasteiger partial charge in [0.2, 0.25) is 0 Å². The van der Waals surface area contributed by atoms with Crippen LogP contribution in [0.3, 0.4) is 0 Å². The van der Waals surface area contributed by atoms with Crippen molar-refractivity contribution in [1.82, 2.24) is 4.90 Å². The molecule has 0 spiro atoms. The van der Waals surface area contributed by atoms with Gasteiger partial charge < -0.3 is 10.6 Å². The Labute approximate surface area is 115 Å². The Morgan fingerprint density at radius 2 is 2.21 bits per heavy atom. The zero-order valence-electron chi connectivity index (χ0n) is 10.6. The standard InChI is InChI=1S/C14H15FN2OS/c1-2-17(9-11-4-3-7-19-11)14(18)10-5-6-12(15)13(16)8-10/h3-8H,2,9,16H2,1H3. The third kappa shape index (κ3) is 3.12. The summed E-state index contributed by atoms with van der Waals surface area (Å²) in [5.41, 5.74) is 5.90. The minimum Gasteiger partial charge on any atom is -0.396 e. The number of rotatable bonds is 4. The second-order valence-corrected chi connectivity index (χ2v) is 5.17. The lowest BCUT2D eigenvalue weighted by Crippen LogP contribution is -2.30. The van der Waals surface area contributed by atoms with E-state index in [0.29, 0.717) is 18.7 Å². The van der Waals surface area contributed by atoms with E-state index in [1.54, 1.807) is 16.2 Å². The van der Waals surface area contributed by atoms with Gasteiger partial charge in [-0.05, 0) is 36.6 Å². The number of nitrogen functional groups attached to an aromatic ring is 1. The first kappa shape index (κ1) is 13.5. The van der Waals surface area contributed by atoms with Crippen LogP contribution in [0.2, 0.25) is 0 Å². The summed E-state index contributed by atoms with van der Waals surface area (Å²) in [4.78, 5) is 15.1. The summed E-state index contributed by atoms with van der Waals surface area (Å²) in [5, 5.41) is 1.98. The van der Waals surface area contributed by atoms with Gasteiger partial charge in [0, 0.05) is 17.0 Å². The number of hydrogen-bond acceptors (Lipinski definition) is 3. The number of halogens is 1. The van der Waals surface area contributed by atoms with Crippen LogP contribution in [-0.2, 0) is 6.54 Å². The molecule has 1 aromatic heterocycles. The SMILES string of the molecule is CCN(Cc1cccs1)C(=O)c1ccc(F)c(N)c1. The number of nitrogens with zero attached hydrogens (tertiary/aromatic N) is 1. The zero-order chi connectivity index (χ0) is 13.8. The van der Waals surface area contributed by atoms with E-state index in [0.717, 1.165) is 4.88 Å². The van der Waals surface area contributed by atoms with Gasteiger partial charge in [-0.3, -0.25) is 4.79 Å². The molecule has 0 aliphatic heterocycles. The molecule has 1 amide bonds. The minimum absolute atomic E-state index is 0.00183. The van der Waals surface area contributed by atoms with Crippen LogP contribution >= 0.6 is 11.3 Å². The molecule has 1 heterocycles. The summed E-state index contributed by atoms with van der Waals surface area (Å²) < 4.78 is 13.1. The number of anilines is 1. The van der Waals surface area contributed by atoms with Gasteiger partial charge in [0.15, 0.2) is 0 Å². The molecule has 0 aliphatic carbocycles. The Morgan fingerprint density at radius 3 is 2.79 bits per heavy atom. The summed E-state index contributed by atoms with van der Waals surface area (Å²) in [6.45, 7) is 3.07. The van der Waals surface area contributed by atoms with Gasteiger partial charge in [0.05, 0.1) is 12.2 Å². The maximum Gasteiger partial charge on any atom is 0.254 e. The smallest absolute Gasteiger partial charge is 0.254 e. The molecule has 19 heavy (non-hydrogen) atoms. The highest BCUT2D eigenvalue weighted by Gasteiger charge is 2.16. The van der Waals surface area contributed by atoms with Gasteiger partial charge >= 0.3 is 0 Å². The molecule has 0 saturated heterocycles. The molecule has 0 bridgehead atoms. The van der Waals surface area contributed by atoms with Crippen LogP contribution in [0, 0.1) is 5.82 Å². The molecule has 0 saturated carbocycles. The summed E-state index contributed by atoms with van der Waals surface area (Å²) in [6.07, 6.45) is 0. The van der Waals surface area contributed by atoms with E-state index >= 15 is 0 Å². The Hall–Kier alpha value is -1.88. The lowest BCUT2D eigenvalue weighted by Gasteiger charge is -2.20. The first-order valence-electron chi connectivity index (χ1n) is 5.98. The van der Waals surface area contributed by atoms with E-state index in [2.05, 4.69) is 0 Å². The highest BCUT2D eigenvalue weighted by Crippen LogP contribution is 2.17. The lowest BCUT2D eigenvalue weighted by molar-refractivity contribution is 0.0754. The molecule has 100 valence electrons. The predicted octanol–water partition coefficient (Wildman–Crippen LogP) is 3.13.